The van der Waals surface area contributed by atoms with Gasteiger partial charge in [0.1, 0.15) is 0 Å². The molecule has 5 heteroatoms. The van der Waals surface area contributed by atoms with E-state index in [9.17, 15) is 9.59 Å². The van der Waals surface area contributed by atoms with Gasteiger partial charge in [-0.1, -0.05) is 43.5 Å². The summed E-state index contributed by atoms with van der Waals surface area (Å²) in [6.45, 7) is 11.8. The number of hydrogen-bond acceptors (Lipinski definition) is 4. The molecule has 0 aromatic heterocycles. The molecule has 0 aliphatic carbocycles. The van der Waals surface area contributed by atoms with Gasteiger partial charge in [0.25, 0.3) is 0 Å². The van der Waals surface area contributed by atoms with Crippen LogP contribution in [0.4, 0.5) is 0 Å². The maximum atomic E-state index is 11.8. The zero-order valence-electron chi connectivity index (χ0n) is 11.9. The molecule has 1 aromatic carbocycles. The van der Waals surface area contributed by atoms with Crippen molar-refractivity contribution < 1.29 is 18.4 Å². The summed E-state index contributed by atoms with van der Waals surface area (Å²) < 4.78 is 10.8. The first-order chi connectivity index (χ1) is 9.26. The smallest absolute Gasteiger partial charge is 0.478 e. The summed E-state index contributed by atoms with van der Waals surface area (Å²) in [6, 6.07) is 8.96. The van der Waals surface area contributed by atoms with E-state index < -0.39 is 20.5 Å². The molecule has 0 unspecified atom stereocenters. The summed E-state index contributed by atoms with van der Waals surface area (Å²) in [5.41, 5.74) is 0.511. The third kappa shape index (κ3) is 3.93. The molecule has 0 fully saturated rings. The van der Waals surface area contributed by atoms with Crippen LogP contribution >= 0.6 is 0 Å². The monoisotopic (exact) mass is 290 g/mol. The SMILES string of the molecule is C=C(C)C(=O)O[Si](C)(OC(=O)C(=C)C)c1ccccc1. The molecule has 20 heavy (non-hydrogen) atoms. The molecule has 0 amide bonds. The van der Waals surface area contributed by atoms with Crippen molar-refractivity contribution in [2.75, 3.05) is 0 Å². The Labute approximate surface area is 120 Å². The van der Waals surface area contributed by atoms with Crippen molar-refractivity contribution in [3.63, 3.8) is 0 Å². The van der Waals surface area contributed by atoms with E-state index in [2.05, 4.69) is 13.2 Å². The first kappa shape index (κ1) is 15.9. The largest absolute Gasteiger partial charge is 0.496 e. The van der Waals surface area contributed by atoms with Gasteiger partial charge >= 0.3 is 20.5 Å². The van der Waals surface area contributed by atoms with Gasteiger partial charge in [0.2, 0.25) is 0 Å². The fraction of sp³-hybridized carbons (Fsp3) is 0.200. The predicted octanol–water partition coefficient (Wildman–Crippen LogP) is 2.20. The Morgan fingerprint density at radius 2 is 1.35 bits per heavy atom. The molecular weight excluding hydrogens is 272 g/mol. The molecule has 0 bridgehead atoms. The standard InChI is InChI=1S/C15H18O4Si/c1-11(2)14(16)18-20(5,19-15(17)12(3)4)13-9-7-6-8-10-13/h6-10H,1,3H2,2,4-5H3. The van der Waals surface area contributed by atoms with Crippen LogP contribution in [0.15, 0.2) is 54.6 Å². The summed E-state index contributed by atoms with van der Waals surface area (Å²) in [5.74, 6) is -1.14. The molecular formula is C15H18O4Si. The Hall–Kier alpha value is -2.14. The Balaban J connectivity index is 3.12. The number of rotatable bonds is 5. The van der Waals surface area contributed by atoms with Crippen molar-refractivity contribution in [2.24, 2.45) is 0 Å². The summed E-state index contributed by atoms with van der Waals surface area (Å²) in [4.78, 5) is 23.6. The van der Waals surface area contributed by atoms with E-state index in [0.717, 1.165) is 0 Å². The lowest BCUT2D eigenvalue weighted by Gasteiger charge is -2.26. The van der Waals surface area contributed by atoms with Gasteiger partial charge in [0, 0.05) is 22.9 Å². The highest BCUT2D eigenvalue weighted by Gasteiger charge is 2.42. The van der Waals surface area contributed by atoms with Crippen molar-refractivity contribution in [3.8, 4) is 0 Å². The minimum absolute atomic E-state index is 0.256. The van der Waals surface area contributed by atoms with Gasteiger partial charge in [0.05, 0.1) is 0 Å². The molecule has 0 radical (unpaired) electrons. The first-order valence-electron chi connectivity index (χ1n) is 6.09. The van der Waals surface area contributed by atoms with Crippen molar-refractivity contribution in [1.29, 1.82) is 0 Å². The second kappa shape index (κ2) is 6.34. The molecule has 0 aliphatic heterocycles. The quantitative estimate of drug-likeness (QED) is 0.616. The summed E-state index contributed by atoms with van der Waals surface area (Å²) in [6.07, 6.45) is 0. The summed E-state index contributed by atoms with van der Waals surface area (Å²) in [7, 11) is -3.20. The van der Waals surface area contributed by atoms with E-state index in [1.807, 2.05) is 6.07 Å². The topological polar surface area (TPSA) is 52.6 Å². The molecule has 0 atom stereocenters. The fourth-order valence-electron chi connectivity index (χ4n) is 1.41. The zero-order valence-corrected chi connectivity index (χ0v) is 12.9. The number of carbonyl (C=O) groups excluding carboxylic acids is 2. The Kier molecular flexibility index (Phi) is 5.04. The lowest BCUT2D eigenvalue weighted by Crippen LogP contribution is -2.53. The normalized spacial score (nSPS) is 10.6. The third-order valence-corrected chi connectivity index (χ3v) is 5.10. The van der Waals surface area contributed by atoms with Gasteiger partial charge in [-0.25, -0.2) is 9.59 Å². The molecule has 0 N–H and O–H groups in total. The number of benzene rings is 1. The van der Waals surface area contributed by atoms with Crippen LogP contribution in [0, 0.1) is 0 Å². The van der Waals surface area contributed by atoms with Gasteiger partial charge in [-0.3, -0.25) is 0 Å². The molecule has 4 nitrogen and oxygen atoms in total. The van der Waals surface area contributed by atoms with Gasteiger partial charge in [-0.2, -0.15) is 0 Å². The minimum Gasteiger partial charge on any atom is -0.478 e. The lowest BCUT2D eigenvalue weighted by atomic mass is 10.4. The molecule has 0 saturated carbocycles. The molecule has 1 rings (SSSR count). The first-order valence-corrected chi connectivity index (χ1v) is 8.41. The van der Waals surface area contributed by atoms with E-state index in [0.29, 0.717) is 5.19 Å². The number of hydrogen-bond donors (Lipinski definition) is 0. The average molecular weight is 290 g/mol. The molecule has 0 spiro atoms. The maximum Gasteiger partial charge on any atom is 0.496 e. The predicted molar refractivity (Wildman–Crippen MR) is 79.5 cm³/mol. The molecule has 106 valence electrons. The van der Waals surface area contributed by atoms with Crippen LogP contribution in [0.5, 0.6) is 0 Å². The third-order valence-electron chi connectivity index (χ3n) is 2.57. The summed E-state index contributed by atoms with van der Waals surface area (Å²) >= 11 is 0. The van der Waals surface area contributed by atoms with E-state index in [1.54, 1.807) is 44.7 Å². The van der Waals surface area contributed by atoms with Crippen LogP contribution in [0.3, 0.4) is 0 Å². The van der Waals surface area contributed by atoms with Crippen LogP contribution in [0.1, 0.15) is 13.8 Å². The van der Waals surface area contributed by atoms with Gasteiger partial charge < -0.3 is 8.85 Å². The Morgan fingerprint density at radius 3 is 1.70 bits per heavy atom. The van der Waals surface area contributed by atoms with Crippen LogP contribution in [-0.4, -0.2) is 20.5 Å². The van der Waals surface area contributed by atoms with Crippen molar-refractivity contribution in [1.82, 2.24) is 0 Å². The zero-order chi connectivity index (χ0) is 15.3. The van der Waals surface area contributed by atoms with Gasteiger partial charge in [-0.05, 0) is 13.8 Å². The Bertz CT molecular complexity index is 520. The maximum absolute atomic E-state index is 11.8. The highest BCUT2D eigenvalue weighted by Crippen LogP contribution is 2.13. The van der Waals surface area contributed by atoms with Crippen LogP contribution in [-0.2, 0) is 18.4 Å². The van der Waals surface area contributed by atoms with Crippen molar-refractivity contribution in [3.05, 3.63) is 54.6 Å². The fourth-order valence-corrected chi connectivity index (χ4v) is 3.54. The minimum atomic E-state index is -3.20. The molecule has 0 saturated heterocycles. The van der Waals surface area contributed by atoms with E-state index >= 15 is 0 Å². The number of carbonyl (C=O) groups is 2. The lowest BCUT2D eigenvalue weighted by molar-refractivity contribution is -0.136. The second-order valence-corrected chi connectivity index (χ2v) is 7.53. The van der Waals surface area contributed by atoms with Crippen LogP contribution in [0.25, 0.3) is 0 Å². The van der Waals surface area contributed by atoms with Crippen molar-refractivity contribution in [2.45, 2.75) is 20.4 Å². The molecule has 0 heterocycles. The van der Waals surface area contributed by atoms with Gasteiger partial charge in [-0.15, -0.1) is 0 Å². The second-order valence-electron chi connectivity index (χ2n) is 4.65. The van der Waals surface area contributed by atoms with Crippen molar-refractivity contribution >= 4 is 25.7 Å². The summed E-state index contributed by atoms with van der Waals surface area (Å²) in [5, 5.41) is 0.684. The van der Waals surface area contributed by atoms with Gasteiger partial charge in [0.15, 0.2) is 0 Å². The van der Waals surface area contributed by atoms with E-state index in [4.69, 9.17) is 8.85 Å². The van der Waals surface area contributed by atoms with E-state index in [-0.39, 0.29) is 11.1 Å². The highest BCUT2D eigenvalue weighted by molar-refractivity contribution is 6.82. The highest BCUT2D eigenvalue weighted by atomic mass is 28.4. The van der Waals surface area contributed by atoms with E-state index in [1.165, 1.54) is 0 Å². The average Bonchev–Trinajstić information content (AvgIpc) is 2.39. The van der Waals surface area contributed by atoms with Crippen LogP contribution in [0.2, 0.25) is 6.55 Å². The van der Waals surface area contributed by atoms with Crippen LogP contribution < -0.4 is 5.19 Å². The molecule has 0 aliphatic rings. The molecule has 1 aromatic rings. The Morgan fingerprint density at radius 1 is 0.950 bits per heavy atom.